The lowest BCUT2D eigenvalue weighted by Gasteiger charge is -2.15. The molecular weight excluding hydrogens is 434 g/mol. The highest BCUT2D eigenvalue weighted by atomic mass is 16.5. The standard InChI is InChI=1S/C30H27N3O2/c1-22(35-26-12-6-3-7-13-26)30(34)31-24-19-16-23(17-20-24)18-21-29-32-27-14-8-9-15-28(27)33(29)25-10-4-2-5-11-25/h2-17,19-20,22H,18,21H2,1H3,(H,31,34). The van der Waals surface area contributed by atoms with Gasteiger partial charge < -0.3 is 10.1 Å². The second kappa shape index (κ2) is 10.3. The molecule has 1 atom stereocenters. The number of rotatable bonds is 8. The van der Waals surface area contributed by atoms with Crippen LogP contribution >= 0.6 is 0 Å². The summed E-state index contributed by atoms with van der Waals surface area (Å²) >= 11 is 0. The smallest absolute Gasteiger partial charge is 0.265 e. The first-order chi connectivity index (χ1) is 17.2. The molecule has 35 heavy (non-hydrogen) atoms. The number of ether oxygens (including phenoxy) is 1. The number of nitrogens with one attached hydrogen (secondary N) is 1. The number of para-hydroxylation sites is 4. The van der Waals surface area contributed by atoms with E-state index in [1.165, 1.54) is 5.56 Å². The summed E-state index contributed by atoms with van der Waals surface area (Å²) in [6.07, 6.45) is 1.05. The molecule has 5 nitrogen and oxygen atoms in total. The number of hydrogen-bond donors (Lipinski definition) is 1. The number of carbonyl (C=O) groups excluding carboxylic acids is 1. The number of amides is 1. The Morgan fingerprint density at radius 1 is 0.829 bits per heavy atom. The molecule has 5 aromatic rings. The van der Waals surface area contributed by atoms with Crippen molar-refractivity contribution in [2.75, 3.05) is 5.32 Å². The van der Waals surface area contributed by atoms with Gasteiger partial charge in [0.1, 0.15) is 11.6 Å². The van der Waals surface area contributed by atoms with Gasteiger partial charge in [0.2, 0.25) is 0 Å². The van der Waals surface area contributed by atoms with Crippen LogP contribution in [-0.2, 0) is 17.6 Å². The van der Waals surface area contributed by atoms with Gasteiger partial charge in [-0.15, -0.1) is 0 Å². The number of aryl methyl sites for hydroxylation is 2. The van der Waals surface area contributed by atoms with Gasteiger partial charge in [0, 0.05) is 17.8 Å². The lowest BCUT2D eigenvalue weighted by atomic mass is 10.1. The van der Waals surface area contributed by atoms with Crippen molar-refractivity contribution in [1.29, 1.82) is 0 Å². The Morgan fingerprint density at radius 2 is 1.49 bits per heavy atom. The van der Waals surface area contributed by atoms with Crippen molar-refractivity contribution in [3.05, 3.63) is 121 Å². The van der Waals surface area contributed by atoms with E-state index in [0.717, 1.165) is 41.1 Å². The maximum absolute atomic E-state index is 12.5. The van der Waals surface area contributed by atoms with E-state index >= 15 is 0 Å². The van der Waals surface area contributed by atoms with E-state index in [1.807, 2.05) is 84.9 Å². The third-order valence-corrected chi connectivity index (χ3v) is 5.93. The molecule has 5 heteroatoms. The molecule has 0 saturated carbocycles. The largest absolute Gasteiger partial charge is 0.481 e. The van der Waals surface area contributed by atoms with Gasteiger partial charge in [-0.25, -0.2) is 4.98 Å². The first-order valence-corrected chi connectivity index (χ1v) is 11.8. The van der Waals surface area contributed by atoms with Gasteiger partial charge >= 0.3 is 0 Å². The molecule has 0 fully saturated rings. The zero-order chi connectivity index (χ0) is 24.0. The molecule has 0 bridgehead atoms. The van der Waals surface area contributed by atoms with Crippen LogP contribution in [0.25, 0.3) is 16.7 Å². The fraction of sp³-hybridized carbons (Fsp3) is 0.133. The predicted octanol–water partition coefficient (Wildman–Crippen LogP) is 6.22. The van der Waals surface area contributed by atoms with Crippen molar-refractivity contribution in [1.82, 2.24) is 9.55 Å². The summed E-state index contributed by atoms with van der Waals surface area (Å²) in [6, 6.07) is 35.9. The summed E-state index contributed by atoms with van der Waals surface area (Å²) in [7, 11) is 0. The number of anilines is 1. The third-order valence-electron chi connectivity index (χ3n) is 5.93. The number of carbonyl (C=O) groups is 1. The second-order valence-electron chi connectivity index (χ2n) is 8.45. The number of nitrogens with zero attached hydrogens (tertiary/aromatic N) is 2. The summed E-state index contributed by atoms with van der Waals surface area (Å²) in [5.41, 5.74) is 5.15. The molecule has 1 aromatic heterocycles. The van der Waals surface area contributed by atoms with Crippen molar-refractivity contribution in [3.8, 4) is 11.4 Å². The minimum atomic E-state index is -0.594. The SMILES string of the molecule is CC(Oc1ccccc1)C(=O)Nc1ccc(CCc2nc3ccccc3n2-c2ccccc2)cc1. The maximum Gasteiger partial charge on any atom is 0.265 e. The van der Waals surface area contributed by atoms with E-state index in [2.05, 4.69) is 34.1 Å². The quantitative estimate of drug-likeness (QED) is 0.299. The first-order valence-electron chi connectivity index (χ1n) is 11.8. The Kier molecular flexibility index (Phi) is 6.57. The van der Waals surface area contributed by atoms with Crippen LogP contribution in [0.4, 0.5) is 5.69 Å². The van der Waals surface area contributed by atoms with Gasteiger partial charge in [-0.3, -0.25) is 9.36 Å². The highest BCUT2D eigenvalue weighted by Gasteiger charge is 2.15. The van der Waals surface area contributed by atoms with E-state index < -0.39 is 6.10 Å². The van der Waals surface area contributed by atoms with E-state index in [9.17, 15) is 4.79 Å². The van der Waals surface area contributed by atoms with Crippen molar-refractivity contribution in [3.63, 3.8) is 0 Å². The van der Waals surface area contributed by atoms with Crippen molar-refractivity contribution >= 4 is 22.6 Å². The highest BCUT2D eigenvalue weighted by molar-refractivity contribution is 5.94. The Balaban J connectivity index is 1.25. The molecule has 0 saturated heterocycles. The van der Waals surface area contributed by atoms with Gasteiger partial charge in [-0.2, -0.15) is 0 Å². The monoisotopic (exact) mass is 461 g/mol. The van der Waals surface area contributed by atoms with E-state index in [0.29, 0.717) is 5.75 Å². The fourth-order valence-electron chi connectivity index (χ4n) is 4.12. The van der Waals surface area contributed by atoms with Crippen LogP contribution in [0.15, 0.2) is 109 Å². The summed E-state index contributed by atoms with van der Waals surface area (Å²) in [6.45, 7) is 1.75. The molecule has 1 unspecified atom stereocenters. The molecule has 1 N–H and O–H groups in total. The van der Waals surface area contributed by atoms with Gasteiger partial charge in [0.05, 0.1) is 11.0 Å². The van der Waals surface area contributed by atoms with Crippen LogP contribution < -0.4 is 10.1 Å². The van der Waals surface area contributed by atoms with Gasteiger partial charge in [0.15, 0.2) is 6.10 Å². The summed E-state index contributed by atoms with van der Waals surface area (Å²) < 4.78 is 7.95. The third kappa shape index (κ3) is 5.25. The molecule has 0 aliphatic rings. The Bertz CT molecular complexity index is 1410. The van der Waals surface area contributed by atoms with Gasteiger partial charge in [-0.05, 0) is 67.4 Å². The average Bonchev–Trinajstić information content (AvgIpc) is 3.28. The number of imidazole rings is 1. The van der Waals surface area contributed by atoms with Crippen molar-refractivity contribution < 1.29 is 9.53 Å². The highest BCUT2D eigenvalue weighted by Crippen LogP contribution is 2.23. The Labute approximate surface area is 205 Å². The van der Waals surface area contributed by atoms with Crippen LogP contribution in [0.5, 0.6) is 5.75 Å². The minimum Gasteiger partial charge on any atom is -0.481 e. The molecule has 174 valence electrons. The van der Waals surface area contributed by atoms with Crippen molar-refractivity contribution in [2.24, 2.45) is 0 Å². The van der Waals surface area contributed by atoms with Crippen LogP contribution in [0, 0.1) is 0 Å². The molecule has 4 aromatic carbocycles. The van der Waals surface area contributed by atoms with Crippen LogP contribution in [0.3, 0.4) is 0 Å². The lowest BCUT2D eigenvalue weighted by molar-refractivity contribution is -0.122. The van der Waals surface area contributed by atoms with E-state index in [4.69, 9.17) is 9.72 Å². The fourth-order valence-corrected chi connectivity index (χ4v) is 4.12. The number of fused-ring (bicyclic) bond motifs is 1. The van der Waals surface area contributed by atoms with Crippen LogP contribution in [0.1, 0.15) is 18.3 Å². The molecular formula is C30H27N3O2. The van der Waals surface area contributed by atoms with Crippen LogP contribution in [-0.4, -0.2) is 21.6 Å². The number of aromatic nitrogens is 2. The maximum atomic E-state index is 12.5. The molecule has 0 aliphatic carbocycles. The Hall–Kier alpha value is -4.38. The summed E-state index contributed by atoms with van der Waals surface area (Å²) in [5, 5.41) is 2.93. The normalized spacial score (nSPS) is 11.8. The lowest BCUT2D eigenvalue weighted by Crippen LogP contribution is -2.30. The molecule has 0 spiro atoms. The molecule has 0 aliphatic heterocycles. The summed E-state index contributed by atoms with van der Waals surface area (Å²) in [5.74, 6) is 1.52. The minimum absolute atomic E-state index is 0.182. The number of benzene rings is 4. The predicted molar refractivity (Wildman–Crippen MR) is 140 cm³/mol. The number of hydrogen-bond acceptors (Lipinski definition) is 3. The van der Waals surface area contributed by atoms with E-state index in [-0.39, 0.29) is 5.91 Å². The van der Waals surface area contributed by atoms with Crippen LogP contribution in [0.2, 0.25) is 0 Å². The molecule has 1 heterocycles. The molecule has 1 amide bonds. The Morgan fingerprint density at radius 3 is 2.23 bits per heavy atom. The van der Waals surface area contributed by atoms with Crippen molar-refractivity contribution in [2.45, 2.75) is 25.9 Å². The second-order valence-corrected chi connectivity index (χ2v) is 8.45. The zero-order valence-electron chi connectivity index (χ0n) is 19.6. The van der Waals surface area contributed by atoms with E-state index in [1.54, 1.807) is 6.92 Å². The average molecular weight is 462 g/mol. The van der Waals surface area contributed by atoms with Gasteiger partial charge in [0.25, 0.3) is 5.91 Å². The zero-order valence-corrected chi connectivity index (χ0v) is 19.6. The molecule has 0 radical (unpaired) electrons. The van der Waals surface area contributed by atoms with Gasteiger partial charge in [-0.1, -0.05) is 60.7 Å². The summed E-state index contributed by atoms with van der Waals surface area (Å²) in [4.78, 5) is 17.4. The molecule has 5 rings (SSSR count). The first kappa shape index (κ1) is 22.4. The topological polar surface area (TPSA) is 56.1 Å².